The van der Waals surface area contributed by atoms with E-state index in [4.69, 9.17) is 4.74 Å². The van der Waals surface area contributed by atoms with Crippen molar-refractivity contribution in [3.8, 4) is 0 Å². The van der Waals surface area contributed by atoms with Crippen molar-refractivity contribution in [3.05, 3.63) is 46.0 Å². The molecule has 22 heavy (non-hydrogen) atoms. The van der Waals surface area contributed by atoms with E-state index >= 15 is 0 Å². The Morgan fingerprint density at radius 2 is 2.32 bits per heavy atom. The first kappa shape index (κ1) is 15.6. The van der Waals surface area contributed by atoms with Crippen LogP contribution in [0.1, 0.15) is 29.8 Å². The maximum Gasteiger partial charge on any atom is 0.138 e. The Morgan fingerprint density at radius 3 is 3.00 bits per heavy atom. The highest BCUT2D eigenvalue weighted by molar-refractivity contribution is 9.10. The molecule has 1 unspecified atom stereocenters. The van der Waals surface area contributed by atoms with Gasteiger partial charge in [-0.05, 0) is 37.0 Å². The highest BCUT2D eigenvalue weighted by Gasteiger charge is 2.20. The van der Waals surface area contributed by atoms with Crippen LogP contribution < -0.4 is 0 Å². The molecule has 3 rings (SSSR count). The van der Waals surface area contributed by atoms with Gasteiger partial charge in [0.25, 0.3) is 0 Å². The summed E-state index contributed by atoms with van der Waals surface area (Å²) in [6.45, 7) is 5.52. The summed E-state index contributed by atoms with van der Waals surface area (Å²) in [6, 6.07) is 6.50. The zero-order valence-electron chi connectivity index (χ0n) is 12.8. The van der Waals surface area contributed by atoms with E-state index in [0.717, 1.165) is 49.4 Å². The molecule has 1 N–H and O–H groups in total. The third kappa shape index (κ3) is 4.15. The lowest BCUT2D eigenvalue weighted by Gasteiger charge is -2.25. The van der Waals surface area contributed by atoms with Crippen molar-refractivity contribution in [1.29, 1.82) is 0 Å². The van der Waals surface area contributed by atoms with Gasteiger partial charge in [0.15, 0.2) is 0 Å². The number of rotatable bonds is 6. The van der Waals surface area contributed by atoms with Gasteiger partial charge in [0.1, 0.15) is 12.2 Å². The lowest BCUT2D eigenvalue weighted by Crippen LogP contribution is -2.32. The molecule has 118 valence electrons. The van der Waals surface area contributed by atoms with Gasteiger partial charge in [0.2, 0.25) is 0 Å². The summed E-state index contributed by atoms with van der Waals surface area (Å²) in [6.07, 6.45) is 4.19. The molecule has 6 heteroatoms. The van der Waals surface area contributed by atoms with Crippen LogP contribution in [0.4, 0.5) is 0 Å². The predicted octanol–water partition coefficient (Wildman–Crippen LogP) is 3.06. The molecule has 0 radical (unpaired) electrons. The minimum Gasteiger partial charge on any atom is -0.377 e. The van der Waals surface area contributed by atoms with Crippen LogP contribution in [0.5, 0.6) is 0 Å². The van der Waals surface area contributed by atoms with E-state index in [2.05, 4.69) is 61.1 Å². The molecule has 1 saturated heterocycles. The predicted molar refractivity (Wildman–Crippen MR) is 88.3 cm³/mol. The first-order valence-corrected chi connectivity index (χ1v) is 8.43. The highest BCUT2D eigenvalue weighted by Crippen LogP contribution is 2.22. The van der Waals surface area contributed by atoms with E-state index in [1.165, 1.54) is 11.1 Å². The summed E-state index contributed by atoms with van der Waals surface area (Å²) in [5.41, 5.74) is 2.54. The van der Waals surface area contributed by atoms with E-state index in [1.807, 2.05) is 0 Å². The van der Waals surface area contributed by atoms with Crippen LogP contribution in [0.25, 0.3) is 0 Å². The number of hydrogen-bond donors (Lipinski definition) is 1. The first-order chi connectivity index (χ1) is 10.7. The van der Waals surface area contributed by atoms with Crippen molar-refractivity contribution in [2.75, 3.05) is 13.2 Å². The lowest BCUT2D eigenvalue weighted by atomic mass is 10.1. The van der Waals surface area contributed by atoms with E-state index in [0.29, 0.717) is 6.10 Å². The topological polar surface area (TPSA) is 54.0 Å². The number of ether oxygens (including phenoxy) is 1. The Labute approximate surface area is 139 Å². The number of aromatic amines is 1. The first-order valence-electron chi connectivity index (χ1n) is 7.64. The second-order valence-electron chi connectivity index (χ2n) is 5.83. The van der Waals surface area contributed by atoms with E-state index in [1.54, 1.807) is 6.33 Å². The molecule has 1 aromatic carbocycles. The van der Waals surface area contributed by atoms with Crippen LogP contribution in [0.15, 0.2) is 29.0 Å². The van der Waals surface area contributed by atoms with Crippen LogP contribution in [-0.4, -0.2) is 39.3 Å². The largest absolute Gasteiger partial charge is 0.377 e. The number of benzene rings is 1. The summed E-state index contributed by atoms with van der Waals surface area (Å²) in [5, 5.41) is 6.89. The van der Waals surface area contributed by atoms with Gasteiger partial charge in [0.05, 0.1) is 12.6 Å². The average molecular weight is 365 g/mol. The average Bonchev–Trinajstić information content (AvgIpc) is 3.15. The number of H-pyrrole nitrogens is 1. The number of halogens is 1. The van der Waals surface area contributed by atoms with Gasteiger partial charge < -0.3 is 4.74 Å². The number of nitrogens with one attached hydrogen (secondary N) is 1. The van der Waals surface area contributed by atoms with Crippen molar-refractivity contribution in [2.24, 2.45) is 0 Å². The normalized spacial score (nSPS) is 18.2. The lowest BCUT2D eigenvalue weighted by molar-refractivity contribution is 0.0669. The van der Waals surface area contributed by atoms with E-state index < -0.39 is 0 Å². The fourth-order valence-corrected chi connectivity index (χ4v) is 3.42. The van der Waals surface area contributed by atoms with Crippen molar-refractivity contribution < 1.29 is 4.74 Å². The summed E-state index contributed by atoms with van der Waals surface area (Å²) < 4.78 is 6.95. The fraction of sp³-hybridized carbons (Fsp3) is 0.500. The second kappa shape index (κ2) is 7.35. The van der Waals surface area contributed by atoms with Gasteiger partial charge in [-0.15, -0.1) is 0 Å². The standard InChI is InChI=1S/C16H21BrN4O/c1-12-4-5-13(15(17)7-12)8-21(9-14-3-2-6-22-14)10-16-18-11-19-20-16/h4-5,7,11,14H,2-3,6,8-10H2,1H3,(H,18,19,20). The van der Waals surface area contributed by atoms with Crippen LogP contribution in [-0.2, 0) is 17.8 Å². The van der Waals surface area contributed by atoms with Gasteiger partial charge in [-0.25, -0.2) is 4.98 Å². The summed E-state index contributed by atoms with van der Waals surface area (Å²) in [5.74, 6) is 0.890. The van der Waals surface area contributed by atoms with Gasteiger partial charge in [-0.2, -0.15) is 5.10 Å². The van der Waals surface area contributed by atoms with Gasteiger partial charge >= 0.3 is 0 Å². The molecular formula is C16H21BrN4O. The van der Waals surface area contributed by atoms with Crippen LogP contribution in [0.2, 0.25) is 0 Å². The molecule has 1 aliphatic rings. The monoisotopic (exact) mass is 364 g/mol. The summed E-state index contributed by atoms with van der Waals surface area (Å²) in [4.78, 5) is 6.61. The smallest absolute Gasteiger partial charge is 0.138 e. The van der Waals surface area contributed by atoms with Gasteiger partial charge in [-0.1, -0.05) is 28.1 Å². The highest BCUT2D eigenvalue weighted by atomic mass is 79.9. The van der Waals surface area contributed by atoms with Crippen LogP contribution in [0.3, 0.4) is 0 Å². The minimum atomic E-state index is 0.326. The maximum atomic E-state index is 5.79. The molecule has 2 aromatic rings. The molecule has 2 heterocycles. The SMILES string of the molecule is Cc1ccc(CN(Cc2ncn[nH]2)CC2CCCO2)c(Br)c1. The molecule has 0 bridgehead atoms. The molecular weight excluding hydrogens is 344 g/mol. The fourth-order valence-electron chi connectivity index (χ4n) is 2.80. The third-order valence-corrected chi connectivity index (χ3v) is 4.66. The Balaban J connectivity index is 1.71. The number of hydrogen-bond acceptors (Lipinski definition) is 4. The zero-order chi connectivity index (χ0) is 15.4. The molecule has 0 spiro atoms. The molecule has 0 aliphatic carbocycles. The molecule has 1 aromatic heterocycles. The number of aryl methyl sites for hydroxylation is 1. The van der Waals surface area contributed by atoms with E-state index in [-0.39, 0.29) is 0 Å². The Morgan fingerprint density at radius 1 is 1.41 bits per heavy atom. The maximum absolute atomic E-state index is 5.79. The third-order valence-electron chi connectivity index (χ3n) is 3.93. The van der Waals surface area contributed by atoms with Crippen molar-refractivity contribution in [2.45, 2.75) is 39.0 Å². The molecule has 1 fully saturated rings. The molecule has 0 amide bonds. The van der Waals surface area contributed by atoms with Crippen molar-refractivity contribution in [1.82, 2.24) is 20.1 Å². The Hall–Kier alpha value is -1.24. The van der Waals surface area contributed by atoms with Crippen molar-refractivity contribution in [3.63, 3.8) is 0 Å². The second-order valence-corrected chi connectivity index (χ2v) is 6.69. The molecule has 1 atom stereocenters. The summed E-state index contributed by atoms with van der Waals surface area (Å²) >= 11 is 3.67. The Kier molecular flexibility index (Phi) is 5.23. The number of nitrogens with zero attached hydrogens (tertiary/aromatic N) is 3. The van der Waals surface area contributed by atoms with Crippen LogP contribution in [0, 0.1) is 6.92 Å². The molecule has 5 nitrogen and oxygen atoms in total. The van der Waals surface area contributed by atoms with E-state index in [9.17, 15) is 0 Å². The summed E-state index contributed by atoms with van der Waals surface area (Å²) in [7, 11) is 0. The van der Waals surface area contributed by atoms with Gasteiger partial charge in [0, 0.05) is 24.2 Å². The van der Waals surface area contributed by atoms with Crippen molar-refractivity contribution >= 4 is 15.9 Å². The van der Waals surface area contributed by atoms with Gasteiger partial charge in [-0.3, -0.25) is 10.00 Å². The molecule has 1 aliphatic heterocycles. The molecule has 0 saturated carbocycles. The number of aromatic nitrogens is 3. The quantitative estimate of drug-likeness (QED) is 0.855. The zero-order valence-corrected chi connectivity index (χ0v) is 14.3. The van der Waals surface area contributed by atoms with Crippen LogP contribution >= 0.6 is 15.9 Å². The Bertz CT molecular complexity index is 596. The minimum absolute atomic E-state index is 0.326.